The van der Waals surface area contributed by atoms with Crippen LogP contribution in [0, 0.1) is 11.6 Å². The second kappa shape index (κ2) is 10.8. The third-order valence-electron chi connectivity index (χ3n) is 11.4. The number of hydrogen-bond acceptors (Lipinski definition) is 10. The molecule has 4 fully saturated rings. The Bertz CT molecular complexity index is 1930. The lowest BCUT2D eigenvalue weighted by molar-refractivity contribution is 0.0644. The molecule has 0 amide bonds. The summed E-state index contributed by atoms with van der Waals surface area (Å²) in [5.41, 5.74) is 0.403. The molecule has 4 saturated heterocycles. The number of aromatic hydroxyl groups is 1. The molecule has 7 heterocycles. The van der Waals surface area contributed by atoms with Crippen molar-refractivity contribution in [3.8, 4) is 28.9 Å². The molecule has 3 N–H and O–H groups in total. The van der Waals surface area contributed by atoms with Crippen molar-refractivity contribution in [1.82, 2.24) is 25.2 Å². The number of nitrogens with one attached hydrogen (secondary N) is 1. The van der Waals surface area contributed by atoms with Crippen molar-refractivity contribution in [2.45, 2.75) is 81.6 Å². The minimum Gasteiger partial charge on any atom is -0.508 e. The van der Waals surface area contributed by atoms with Gasteiger partial charge in [0.05, 0.1) is 18.2 Å². The highest BCUT2D eigenvalue weighted by Crippen LogP contribution is 2.46. The maximum atomic E-state index is 17.1. The highest BCUT2D eigenvalue weighted by atomic mass is 19.1. The molecule has 0 radical (unpaired) electrons. The summed E-state index contributed by atoms with van der Waals surface area (Å²) in [4.78, 5) is 19.0. The van der Waals surface area contributed by atoms with Gasteiger partial charge in [-0.15, -0.1) is 0 Å². The van der Waals surface area contributed by atoms with Crippen LogP contribution in [0.2, 0.25) is 0 Å². The molecule has 5 aliphatic heterocycles. The third kappa shape index (κ3) is 4.40. The van der Waals surface area contributed by atoms with Gasteiger partial charge in [-0.3, -0.25) is 4.90 Å². The van der Waals surface area contributed by atoms with Gasteiger partial charge in [-0.25, -0.2) is 13.8 Å². The van der Waals surface area contributed by atoms with E-state index in [1.807, 2.05) is 6.92 Å². The zero-order valence-corrected chi connectivity index (χ0v) is 26.3. The van der Waals surface area contributed by atoms with Crippen LogP contribution < -0.4 is 19.7 Å². The summed E-state index contributed by atoms with van der Waals surface area (Å²) >= 11 is 0. The maximum absolute atomic E-state index is 17.1. The Balaban J connectivity index is 1.23. The minimum atomic E-state index is -0.711. The van der Waals surface area contributed by atoms with Gasteiger partial charge in [-0.2, -0.15) is 9.97 Å². The number of benzene rings is 2. The van der Waals surface area contributed by atoms with E-state index in [9.17, 15) is 10.2 Å². The molecule has 4 aromatic rings. The largest absolute Gasteiger partial charge is 0.508 e. The van der Waals surface area contributed by atoms with Gasteiger partial charge in [0.15, 0.2) is 5.82 Å². The second-order valence-corrected chi connectivity index (χ2v) is 13.9. The van der Waals surface area contributed by atoms with Crippen molar-refractivity contribution in [1.29, 1.82) is 0 Å². The Kier molecular flexibility index (Phi) is 6.75. The fourth-order valence-electron chi connectivity index (χ4n) is 9.20. The number of pyridine rings is 1. The number of anilines is 1. The predicted octanol–water partition coefficient (Wildman–Crippen LogP) is 4.46. The Labute approximate surface area is 270 Å². The van der Waals surface area contributed by atoms with E-state index >= 15 is 8.78 Å². The molecular weight excluding hydrogens is 606 g/mol. The lowest BCUT2D eigenvalue weighted by Gasteiger charge is -2.40. The predicted molar refractivity (Wildman–Crippen MR) is 172 cm³/mol. The van der Waals surface area contributed by atoms with Crippen LogP contribution in [-0.4, -0.2) is 92.7 Å². The fraction of sp³-hybridized carbons (Fsp3) is 0.514. The molecule has 246 valence electrons. The quantitative estimate of drug-likeness (QED) is 0.278. The first kappa shape index (κ1) is 29.3. The van der Waals surface area contributed by atoms with Crippen molar-refractivity contribution in [2.75, 3.05) is 37.8 Å². The summed E-state index contributed by atoms with van der Waals surface area (Å²) < 4.78 is 45.1. The van der Waals surface area contributed by atoms with E-state index in [1.165, 1.54) is 12.1 Å². The van der Waals surface area contributed by atoms with E-state index in [0.29, 0.717) is 53.7 Å². The van der Waals surface area contributed by atoms with Crippen LogP contribution in [0.5, 0.6) is 17.6 Å². The van der Waals surface area contributed by atoms with Crippen molar-refractivity contribution < 1.29 is 28.5 Å². The molecule has 2 bridgehead atoms. The van der Waals surface area contributed by atoms with Crippen LogP contribution in [0.1, 0.15) is 51.0 Å². The normalized spacial score (nSPS) is 28.0. The number of ether oxygens (including phenoxy) is 2. The Hall–Kier alpha value is -3.87. The van der Waals surface area contributed by atoms with Crippen LogP contribution >= 0.6 is 0 Å². The van der Waals surface area contributed by atoms with E-state index in [0.717, 1.165) is 45.1 Å². The highest BCUT2D eigenvalue weighted by Gasteiger charge is 2.50. The van der Waals surface area contributed by atoms with Crippen LogP contribution in [0.25, 0.3) is 32.9 Å². The van der Waals surface area contributed by atoms with Gasteiger partial charge < -0.3 is 29.9 Å². The van der Waals surface area contributed by atoms with Crippen molar-refractivity contribution >= 4 is 27.5 Å². The number of aliphatic hydroxyl groups is 1. The number of aryl methyl sites for hydroxylation is 1. The molecular formula is C35H38F2N6O4. The SMILES string of the molecule is CCc1c(F)ccc2cc(O)cc(-c3nc4c5c(nc(OC[C@@]67CCCN6[C@H](CO)CC7)nc5c3F)N3C[C@H]5CC[C@H](N5)[C@@H]3CO4)c12. The average molecular weight is 645 g/mol. The highest BCUT2D eigenvalue weighted by molar-refractivity contribution is 6.03. The van der Waals surface area contributed by atoms with Gasteiger partial charge in [0.2, 0.25) is 5.88 Å². The number of hydrogen-bond donors (Lipinski definition) is 3. The average Bonchev–Trinajstić information content (AvgIpc) is 3.74. The van der Waals surface area contributed by atoms with E-state index in [4.69, 9.17) is 24.4 Å². The summed E-state index contributed by atoms with van der Waals surface area (Å²) in [6.45, 7) is 4.21. The molecule has 0 saturated carbocycles. The van der Waals surface area contributed by atoms with E-state index in [-0.39, 0.29) is 70.7 Å². The van der Waals surface area contributed by atoms with Gasteiger partial charge in [0, 0.05) is 30.2 Å². The van der Waals surface area contributed by atoms with Gasteiger partial charge >= 0.3 is 6.01 Å². The number of aromatic nitrogens is 3. The first-order chi connectivity index (χ1) is 22.9. The summed E-state index contributed by atoms with van der Waals surface area (Å²) in [5.74, 6) is -0.453. The van der Waals surface area contributed by atoms with Crippen LogP contribution in [0.3, 0.4) is 0 Å². The van der Waals surface area contributed by atoms with Crippen molar-refractivity contribution in [3.63, 3.8) is 0 Å². The molecule has 10 nitrogen and oxygen atoms in total. The minimum absolute atomic E-state index is 0.0166. The molecule has 12 heteroatoms. The number of fused-ring (bicyclic) bond motifs is 7. The molecule has 5 aliphatic rings. The first-order valence-electron chi connectivity index (χ1n) is 16.9. The lowest BCUT2D eigenvalue weighted by Crippen LogP contribution is -2.60. The molecule has 2 aromatic carbocycles. The summed E-state index contributed by atoms with van der Waals surface area (Å²) in [5, 5.41) is 25.8. The van der Waals surface area contributed by atoms with Crippen molar-refractivity contribution in [2.24, 2.45) is 0 Å². The summed E-state index contributed by atoms with van der Waals surface area (Å²) in [6, 6.07) is 6.54. The smallest absolute Gasteiger partial charge is 0.319 e. The molecule has 0 unspecified atom stereocenters. The number of rotatable bonds is 6. The molecule has 0 spiro atoms. The number of phenols is 1. The van der Waals surface area contributed by atoms with Gasteiger partial charge in [0.25, 0.3) is 0 Å². The number of halogens is 2. The lowest BCUT2D eigenvalue weighted by atomic mass is 9.94. The van der Waals surface area contributed by atoms with Gasteiger partial charge in [-0.1, -0.05) is 13.0 Å². The zero-order valence-electron chi connectivity index (χ0n) is 26.3. The van der Waals surface area contributed by atoms with Crippen LogP contribution in [0.15, 0.2) is 24.3 Å². The Morgan fingerprint density at radius 1 is 1.11 bits per heavy atom. The van der Waals surface area contributed by atoms with Gasteiger partial charge in [0.1, 0.15) is 47.2 Å². The molecule has 2 aromatic heterocycles. The van der Waals surface area contributed by atoms with Gasteiger partial charge in [-0.05, 0) is 86.0 Å². The van der Waals surface area contributed by atoms with E-state index in [1.54, 1.807) is 12.1 Å². The van der Waals surface area contributed by atoms with Crippen LogP contribution in [-0.2, 0) is 6.42 Å². The molecule has 47 heavy (non-hydrogen) atoms. The monoisotopic (exact) mass is 644 g/mol. The molecule has 5 atom stereocenters. The second-order valence-electron chi connectivity index (χ2n) is 13.9. The Morgan fingerprint density at radius 3 is 2.85 bits per heavy atom. The van der Waals surface area contributed by atoms with E-state index < -0.39 is 11.6 Å². The molecule has 9 rings (SSSR count). The first-order valence-corrected chi connectivity index (χ1v) is 16.9. The summed E-state index contributed by atoms with van der Waals surface area (Å²) in [6.07, 6.45) is 6.19. The number of phenolic OH excluding ortho intramolecular Hbond substituents is 1. The number of nitrogens with zero attached hydrogens (tertiary/aromatic N) is 5. The fourth-order valence-corrected chi connectivity index (χ4v) is 9.20. The topological polar surface area (TPSA) is 116 Å². The summed E-state index contributed by atoms with van der Waals surface area (Å²) in [7, 11) is 0. The molecule has 0 aliphatic carbocycles. The van der Waals surface area contributed by atoms with E-state index in [2.05, 4.69) is 15.1 Å². The number of aliphatic hydroxyl groups excluding tert-OH is 1. The zero-order chi connectivity index (χ0) is 32.0. The Morgan fingerprint density at radius 2 is 2.00 bits per heavy atom. The number of piperazine rings is 1. The third-order valence-corrected chi connectivity index (χ3v) is 11.4. The van der Waals surface area contributed by atoms with Crippen LogP contribution in [0.4, 0.5) is 14.6 Å². The van der Waals surface area contributed by atoms with Crippen molar-refractivity contribution in [3.05, 3.63) is 41.5 Å². The standard InChI is InChI=1S/C35H38F2N6O4/c1-2-22-24(36)6-4-18-12-21(45)13-23(27(18)22)30-29(37)31-28-32(42-14-19-5-7-25(38-19)26(42)16-46-33(28)39-30)41-34(40-31)47-17-35-9-3-11-43(35)20(15-44)8-10-35/h4,6,12-13,19-20,25-26,38,44-45H,2-3,5,7-11,14-17H2,1H3/t19-,20+,25+,26+,35+/m1/s1. The maximum Gasteiger partial charge on any atom is 0.319 e.